The van der Waals surface area contributed by atoms with E-state index < -0.39 is 0 Å². The number of nitrogens with zero attached hydrogens (tertiary/aromatic N) is 1. The maximum absolute atomic E-state index is 5.75. The number of pyridine rings is 1. The van der Waals surface area contributed by atoms with Gasteiger partial charge in [-0.3, -0.25) is 0 Å². The van der Waals surface area contributed by atoms with Crippen molar-refractivity contribution >= 4 is 17.4 Å². The number of nitrogens with one attached hydrogen (secondary N) is 1. The zero-order valence-corrected chi connectivity index (χ0v) is 9.33. The van der Waals surface area contributed by atoms with Gasteiger partial charge in [0.1, 0.15) is 5.82 Å². The van der Waals surface area contributed by atoms with E-state index in [0.717, 1.165) is 25.4 Å². The lowest BCUT2D eigenvalue weighted by Crippen LogP contribution is -2.27. The Morgan fingerprint density at radius 2 is 2.40 bits per heavy atom. The van der Waals surface area contributed by atoms with E-state index in [1.165, 1.54) is 12.8 Å². The molecule has 4 heteroatoms. The second-order valence-corrected chi connectivity index (χ2v) is 4.17. The van der Waals surface area contributed by atoms with E-state index in [9.17, 15) is 0 Å². The molecule has 2 rings (SSSR count). The van der Waals surface area contributed by atoms with Gasteiger partial charge >= 0.3 is 0 Å². The van der Waals surface area contributed by atoms with Gasteiger partial charge in [0, 0.05) is 19.3 Å². The predicted octanol–water partition coefficient (Wildman–Crippen LogP) is 2.72. The molecular formula is C11H15ClN2O. The Bertz CT molecular complexity index is 296. The molecule has 82 valence electrons. The van der Waals surface area contributed by atoms with Crippen LogP contribution >= 0.6 is 11.6 Å². The highest BCUT2D eigenvalue weighted by molar-refractivity contribution is 6.30. The van der Waals surface area contributed by atoms with Gasteiger partial charge in [0.15, 0.2) is 0 Å². The van der Waals surface area contributed by atoms with Gasteiger partial charge in [0.2, 0.25) is 0 Å². The summed E-state index contributed by atoms with van der Waals surface area (Å²) in [6.07, 6.45) is 5.57. The smallest absolute Gasteiger partial charge is 0.126 e. The first-order valence-electron chi connectivity index (χ1n) is 5.31. The number of ether oxygens (including phenoxy) is 1. The number of anilines is 1. The molecule has 1 N–H and O–H groups in total. The van der Waals surface area contributed by atoms with Crippen molar-refractivity contribution in [3.63, 3.8) is 0 Å². The molecule has 1 saturated heterocycles. The van der Waals surface area contributed by atoms with Crippen molar-refractivity contribution in [3.8, 4) is 0 Å². The van der Waals surface area contributed by atoms with Crippen molar-refractivity contribution in [1.29, 1.82) is 0 Å². The molecule has 0 spiro atoms. The third kappa shape index (κ3) is 3.36. The molecular weight excluding hydrogens is 212 g/mol. The van der Waals surface area contributed by atoms with E-state index in [2.05, 4.69) is 10.3 Å². The second-order valence-electron chi connectivity index (χ2n) is 3.73. The van der Waals surface area contributed by atoms with Crippen molar-refractivity contribution in [3.05, 3.63) is 23.4 Å². The van der Waals surface area contributed by atoms with Crippen LogP contribution in [0.1, 0.15) is 19.3 Å². The topological polar surface area (TPSA) is 34.1 Å². The summed E-state index contributed by atoms with van der Waals surface area (Å²) >= 11 is 5.75. The van der Waals surface area contributed by atoms with Gasteiger partial charge in [-0.25, -0.2) is 4.98 Å². The summed E-state index contributed by atoms with van der Waals surface area (Å²) < 4.78 is 5.61. The van der Waals surface area contributed by atoms with Crippen LogP contribution < -0.4 is 5.32 Å². The normalized spacial score (nSPS) is 21.3. The summed E-state index contributed by atoms with van der Waals surface area (Å²) in [4.78, 5) is 4.16. The molecule has 1 aliphatic heterocycles. The molecule has 0 radical (unpaired) electrons. The number of hydrogen-bond acceptors (Lipinski definition) is 3. The first-order valence-corrected chi connectivity index (χ1v) is 5.69. The predicted molar refractivity (Wildman–Crippen MR) is 61.3 cm³/mol. The van der Waals surface area contributed by atoms with E-state index in [4.69, 9.17) is 16.3 Å². The van der Waals surface area contributed by atoms with Crippen LogP contribution in [-0.4, -0.2) is 24.2 Å². The fraction of sp³-hybridized carbons (Fsp3) is 0.545. The lowest BCUT2D eigenvalue weighted by Gasteiger charge is -2.22. The molecule has 0 bridgehead atoms. The molecule has 1 unspecified atom stereocenters. The molecule has 0 aromatic carbocycles. The van der Waals surface area contributed by atoms with E-state index in [-0.39, 0.29) is 0 Å². The summed E-state index contributed by atoms with van der Waals surface area (Å²) in [5.41, 5.74) is 0. The third-order valence-electron chi connectivity index (χ3n) is 2.51. The molecule has 0 saturated carbocycles. The number of halogens is 1. The van der Waals surface area contributed by atoms with E-state index >= 15 is 0 Å². The van der Waals surface area contributed by atoms with Gasteiger partial charge in [0.25, 0.3) is 0 Å². The molecule has 0 aliphatic carbocycles. The largest absolute Gasteiger partial charge is 0.376 e. The average molecular weight is 227 g/mol. The van der Waals surface area contributed by atoms with Gasteiger partial charge in [-0.2, -0.15) is 0 Å². The molecule has 1 fully saturated rings. The minimum atomic E-state index is 0.330. The Labute approximate surface area is 94.8 Å². The van der Waals surface area contributed by atoms with E-state index in [0.29, 0.717) is 11.1 Å². The fourth-order valence-corrected chi connectivity index (χ4v) is 1.78. The molecule has 2 heterocycles. The molecule has 1 atom stereocenters. The van der Waals surface area contributed by atoms with Crippen molar-refractivity contribution < 1.29 is 4.74 Å². The summed E-state index contributed by atoms with van der Waals surface area (Å²) in [7, 11) is 0. The first kappa shape index (κ1) is 10.7. The van der Waals surface area contributed by atoms with Crippen LogP contribution in [0.4, 0.5) is 5.82 Å². The molecule has 1 aliphatic rings. The Hall–Kier alpha value is -0.800. The minimum absolute atomic E-state index is 0.330. The molecule has 1 aromatic rings. The minimum Gasteiger partial charge on any atom is -0.376 e. The number of rotatable bonds is 3. The second kappa shape index (κ2) is 5.33. The molecule has 3 nitrogen and oxygen atoms in total. The monoisotopic (exact) mass is 226 g/mol. The quantitative estimate of drug-likeness (QED) is 0.861. The maximum Gasteiger partial charge on any atom is 0.126 e. The van der Waals surface area contributed by atoms with Crippen LogP contribution in [0, 0.1) is 0 Å². The van der Waals surface area contributed by atoms with Crippen molar-refractivity contribution in [1.82, 2.24) is 4.98 Å². The molecule has 1 aromatic heterocycles. The van der Waals surface area contributed by atoms with Gasteiger partial charge in [-0.05, 0) is 31.4 Å². The summed E-state index contributed by atoms with van der Waals surface area (Å²) in [6, 6.07) is 3.71. The number of hydrogen-bond donors (Lipinski definition) is 1. The fourth-order valence-electron chi connectivity index (χ4n) is 1.67. The highest BCUT2D eigenvalue weighted by atomic mass is 35.5. The highest BCUT2D eigenvalue weighted by Gasteiger charge is 2.13. The Balaban J connectivity index is 1.79. The van der Waals surface area contributed by atoms with Gasteiger partial charge in [-0.1, -0.05) is 11.6 Å². The maximum atomic E-state index is 5.75. The summed E-state index contributed by atoms with van der Waals surface area (Å²) in [6.45, 7) is 1.72. The lowest BCUT2D eigenvalue weighted by molar-refractivity contribution is 0.0247. The van der Waals surface area contributed by atoms with Gasteiger partial charge < -0.3 is 10.1 Å². The zero-order chi connectivity index (χ0) is 10.5. The SMILES string of the molecule is Clc1ccc(NCC2CCCCO2)nc1. The lowest BCUT2D eigenvalue weighted by atomic mass is 10.1. The number of aromatic nitrogens is 1. The van der Waals surface area contributed by atoms with E-state index in [1.807, 2.05) is 12.1 Å². The van der Waals surface area contributed by atoms with Crippen molar-refractivity contribution in [2.75, 3.05) is 18.5 Å². The molecule has 0 amide bonds. The molecule has 15 heavy (non-hydrogen) atoms. The Morgan fingerprint density at radius 1 is 1.47 bits per heavy atom. The van der Waals surface area contributed by atoms with Crippen LogP contribution in [-0.2, 0) is 4.74 Å². The van der Waals surface area contributed by atoms with E-state index in [1.54, 1.807) is 6.20 Å². The van der Waals surface area contributed by atoms with Crippen molar-refractivity contribution in [2.24, 2.45) is 0 Å². The third-order valence-corrected chi connectivity index (χ3v) is 2.74. The summed E-state index contributed by atoms with van der Waals surface area (Å²) in [5, 5.41) is 3.91. The average Bonchev–Trinajstić information content (AvgIpc) is 2.30. The standard InChI is InChI=1S/C11H15ClN2O/c12-9-4-5-11(13-7-9)14-8-10-3-1-2-6-15-10/h4-5,7,10H,1-3,6,8H2,(H,13,14). The Morgan fingerprint density at radius 3 is 3.07 bits per heavy atom. The Kier molecular flexibility index (Phi) is 3.80. The van der Waals surface area contributed by atoms with Crippen LogP contribution in [0.15, 0.2) is 18.3 Å². The van der Waals surface area contributed by atoms with Gasteiger partial charge in [0.05, 0.1) is 11.1 Å². The van der Waals surface area contributed by atoms with Crippen molar-refractivity contribution in [2.45, 2.75) is 25.4 Å². The van der Waals surface area contributed by atoms with Crippen LogP contribution in [0.5, 0.6) is 0 Å². The summed E-state index contributed by atoms with van der Waals surface area (Å²) in [5.74, 6) is 0.855. The van der Waals surface area contributed by atoms with Crippen LogP contribution in [0.25, 0.3) is 0 Å². The van der Waals surface area contributed by atoms with Gasteiger partial charge in [-0.15, -0.1) is 0 Å². The van der Waals surface area contributed by atoms with Crippen LogP contribution in [0.2, 0.25) is 5.02 Å². The zero-order valence-electron chi connectivity index (χ0n) is 8.58. The van der Waals surface area contributed by atoms with Crippen LogP contribution in [0.3, 0.4) is 0 Å². The first-order chi connectivity index (χ1) is 7.34. The highest BCUT2D eigenvalue weighted by Crippen LogP contribution is 2.14.